The van der Waals surface area contributed by atoms with Gasteiger partial charge in [0.1, 0.15) is 5.75 Å². The van der Waals surface area contributed by atoms with Crippen molar-refractivity contribution >= 4 is 35.9 Å². The Morgan fingerprint density at radius 2 is 1.96 bits per heavy atom. The number of hydrogen-bond acceptors (Lipinski definition) is 3. The molecule has 0 aromatic heterocycles. The molecule has 1 amide bonds. The van der Waals surface area contributed by atoms with Crippen molar-refractivity contribution in [3.63, 3.8) is 0 Å². The van der Waals surface area contributed by atoms with Crippen molar-refractivity contribution < 1.29 is 9.53 Å². The molecule has 2 aromatic carbocycles. The molecule has 0 radical (unpaired) electrons. The summed E-state index contributed by atoms with van der Waals surface area (Å²) in [6.07, 6.45) is 0. The van der Waals surface area contributed by atoms with Gasteiger partial charge in [-0.3, -0.25) is 10.1 Å². The lowest BCUT2D eigenvalue weighted by molar-refractivity contribution is 0.0973. The second kappa shape index (κ2) is 9.02. The molecule has 0 saturated carbocycles. The number of carbonyl (C=O) groups excluding carboxylic acids is 1. The van der Waals surface area contributed by atoms with Crippen molar-refractivity contribution in [1.82, 2.24) is 5.32 Å². The third-order valence-corrected chi connectivity index (χ3v) is 3.16. The normalized spacial score (nSPS) is 10.6. The minimum Gasteiger partial charge on any atom is -0.496 e. The fraction of sp³-hybridized carbons (Fsp3) is 0.125. The Morgan fingerprint density at radius 3 is 2.61 bits per heavy atom. The van der Waals surface area contributed by atoms with Gasteiger partial charge >= 0.3 is 0 Å². The number of ether oxygens (including phenoxy) is 1. The van der Waals surface area contributed by atoms with Crippen molar-refractivity contribution in [3.8, 4) is 5.75 Å². The van der Waals surface area contributed by atoms with Gasteiger partial charge in [0, 0.05) is 5.02 Å². The highest BCUT2D eigenvalue weighted by Crippen LogP contribution is 2.22. The average molecular weight is 354 g/mol. The van der Waals surface area contributed by atoms with Crippen molar-refractivity contribution in [3.05, 3.63) is 64.7 Å². The molecule has 0 heterocycles. The van der Waals surface area contributed by atoms with E-state index in [1.807, 2.05) is 30.3 Å². The van der Waals surface area contributed by atoms with Crippen LogP contribution in [0.2, 0.25) is 5.02 Å². The number of nitrogens with zero attached hydrogens (tertiary/aromatic N) is 1. The predicted molar refractivity (Wildman–Crippen MR) is 94.5 cm³/mol. The molecule has 2 aromatic rings. The van der Waals surface area contributed by atoms with Gasteiger partial charge in [-0.05, 0) is 23.8 Å². The van der Waals surface area contributed by atoms with Crippen LogP contribution in [0.15, 0.2) is 53.5 Å². The van der Waals surface area contributed by atoms with Crippen LogP contribution in [0.1, 0.15) is 15.9 Å². The maximum Gasteiger partial charge on any atom is 0.261 e. The van der Waals surface area contributed by atoms with E-state index in [-0.39, 0.29) is 18.4 Å². The summed E-state index contributed by atoms with van der Waals surface area (Å²) in [6.45, 7) is 0.389. The van der Waals surface area contributed by atoms with E-state index in [1.165, 1.54) is 13.2 Å². The molecule has 0 aliphatic heterocycles. The third kappa shape index (κ3) is 5.47. The molecule has 23 heavy (non-hydrogen) atoms. The van der Waals surface area contributed by atoms with Crippen LogP contribution in [0.4, 0.5) is 0 Å². The lowest BCUT2D eigenvalue weighted by Crippen LogP contribution is -2.37. The van der Waals surface area contributed by atoms with E-state index >= 15 is 0 Å². The number of amides is 1. The molecule has 0 atom stereocenters. The second-order valence-electron chi connectivity index (χ2n) is 4.49. The van der Waals surface area contributed by atoms with Crippen LogP contribution >= 0.6 is 24.0 Å². The van der Waals surface area contributed by atoms with Gasteiger partial charge in [-0.1, -0.05) is 41.9 Å². The summed E-state index contributed by atoms with van der Waals surface area (Å²) in [6, 6.07) is 14.4. The van der Waals surface area contributed by atoms with E-state index in [0.717, 1.165) is 5.56 Å². The molecule has 0 fully saturated rings. The number of benzene rings is 2. The Balaban J connectivity index is 0.00000264. The number of carbonyl (C=O) groups is 1. The molecule has 0 aliphatic carbocycles. The highest BCUT2D eigenvalue weighted by atomic mass is 35.5. The first kappa shape index (κ1) is 18.8. The van der Waals surface area contributed by atoms with E-state index in [2.05, 4.69) is 10.3 Å². The lowest BCUT2D eigenvalue weighted by Gasteiger charge is -2.09. The predicted octanol–water partition coefficient (Wildman–Crippen LogP) is 3.02. The number of nitrogens with two attached hydrogens (primary N) is 1. The minimum atomic E-state index is -0.423. The molecule has 0 bridgehead atoms. The van der Waals surface area contributed by atoms with Crippen molar-refractivity contribution in [2.24, 2.45) is 10.7 Å². The Morgan fingerprint density at radius 1 is 1.26 bits per heavy atom. The summed E-state index contributed by atoms with van der Waals surface area (Å²) < 4.78 is 5.13. The Kier molecular flexibility index (Phi) is 7.38. The first-order valence-electron chi connectivity index (χ1n) is 6.59. The number of aliphatic imine (C=N–C) groups is 1. The first-order valence-corrected chi connectivity index (χ1v) is 6.96. The van der Waals surface area contributed by atoms with Crippen LogP contribution in [0, 0.1) is 0 Å². The van der Waals surface area contributed by atoms with Crippen LogP contribution < -0.4 is 15.8 Å². The Labute approximate surface area is 145 Å². The zero-order valence-electron chi connectivity index (χ0n) is 12.5. The SMILES string of the molecule is COc1ccc(Cl)cc1C(=O)NC(N)=NCc1ccccc1.Cl. The van der Waals surface area contributed by atoms with Crippen molar-refractivity contribution in [1.29, 1.82) is 0 Å². The van der Waals surface area contributed by atoms with Gasteiger partial charge < -0.3 is 10.5 Å². The van der Waals surface area contributed by atoms with Crippen molar-refractivity contribution in [2.75, 3.05) is 7.11 Å². The Bertz CT molecular complexity index is 691. The summed E-state index contributed by atoms with van der Waals surface area (Å²) in [5.74, 6) is 0.0299. The maximum absolute atomic E-state index is 12.2. The second-order valence-corrected chi connectivity index (χ2v) is 4.92. The van der Waals surface area contributed by atoms with Crippen LogP contribution in [-0.4, -0.2) is 19.0 Å². The summed E-state index contributed by atoms with van der Waals surface area (Å²) >= 11 is 5.90. The molecule has 0 aliphatic rings. The van der Waals surface area contributed by atoms with E-state index in [4.69, 9.17) is 22.1 Å². The van der Waals surface area contributed by atoms with Gasteiger partial charge in [-0.15, -0.1) is 12.4 Å². The quantitative estimate of drug-likeness (QED) is 0.655. The summed E-state index contributed by atoms with van der Waals surface area (Å²) in [7, 11) is 1.48. The van der Waals surface area contributed by atoms with Crippen molar-refractivity contribution in [2.45, 2.75) is 6.54 Å². The van der Waals surface area contributed by atoms with Gasteiger partial charge in [0.2, 0.25) is 0 Å². The highest BCUT2D eigenvalue weighted by Gasteiger charge is 2.13. The van der Waals surface area contributed by atoms with E-state index in [1.54, 1.807) is 12.1 Å². The molecule has 0 spiro atoms. The molecule has 3 N–H and O–H groups in total. The van der Waals surface area contributed by atoms with Crippen LogP contribution in [0.3, 0.4) is 0 Å². The topological polar surface area (TPSA) is 76.7 Å². The summed E-state index contributed by atoms with van der Waals surface area (Å²) in [5, 5.41) is 2.95. The van der Waals surface area contributed by atoms with Crippen LogP contribution in [-0.2, 0) is 6.54 Å². The fourth-order valence-corrected chi connectivity index (χ4v) is 2.01. The summed E-state index contributed by atoms with van der Waals surface area (Å²) in [5.41, 5.74) is 7.03. The first-order chi connectivity index (χ1) is 10.6. The number of halogens is 2. The highest BCUT2D eigenvalue weighted by molar-refractivity contribution is 6.31. The van der Waals surface area contributed by atoms with Gasteiger partial charge in [-0.2, -0.15) is 0 Å². The van der Waals surface area contributed by atoms with Gasteiger partial charge in [0.15, 0.2) is 5.96 Å². The number of nitrogens with one attached hydrogen (secondary N) is 1. The molecular weight excluding hydrogens is 337 g/mol. The van der Waals surface area contributed by atoms with E-state index < -0.39 is 5.91 Å². The van der Waals surface area contributed by atoms with Gasteiger partial charge in [0.05, 0.1) is 19.2 Å². The smallest absolute Gasteiger partial charge is 0.261 e. The molecule has 5 nitrogen and oxygen atoms in total. The van der Waals surface area contributed by atoms with Gasteiger partial charge in [0.25, 0.3) is 5.91 Å². The molecular formula is C16H17Cl2N3O2. The number of hydrogen-bond donors (Lipinski definition) is 2. The number of rotatable bonds is 4. The average Bonchev–Trinajstić information content (AvgIpc) is 2.54. The van der Waals surface area contributed by atoms with Gasteiger partial charge in [-0.25, -0.2) is 4.99 Å². The minimum absolute atomic E-state index is 0. The Hall–Kier alpha value is -2.24. The maximum atomic E-state index is 12.2. The largest absolute Gasteiger partial charge is 0.496 e. The molecule has 0 saturated heterocycles. The third-order valence-electron chi connectivity index (χ3n) is 2.92. The molecule has 2 rings (SSSR count). The van der Waals surface area contributed by atoms with E-state index in [9.17, 15) is 4.79 Å². The fourth-order valence-electron chi connectivity index (χ4n) is 1.84. The molecule has 0 unspecified atom stereocenters. The molecule has 122 valence electrons. The number of guanidine groups is 1. The number of methoxy groups -OCH3 is 1. The van der Waals surface area contributed by atoms with E-state index in [0.29, 0.717) is 22.9 Å². The monoisotopic (exact) mass is 353 g/mol. The zero-order valence-corrected chi connectivity index (χ0v) is 14.0. The standard InChI is InChI=1S/C16H16ClN3O2.ClH/c1-22-14-8-7-12(17)9-13(14)15(21)20-16(18)19-10-11-5-3-2-4-6-11;/h2-9H,10H2,1H3,(H3,18,19,20,21);1H. The molecule has 7 heteroatoms. The lowest BCUT2D eigenvalue weighted by atomic mass is 10.2. The van der Waals surface area contributed by atoms with Crippen LogP contribution in [0.5, 0.6) is 5.75 Å². The van der Waals surface area contributed by atoms with Crippen LogP contribution in [0.25, 0.3) is 0 Å². The zero-order chi connectivity index (χ0) is 15.9. The summed E-state index contributed by atoms with van der Waals surface area (Å²) in [4.78, 5) is 16.3.